The zero-order valence-corrected chi connectivity index (χ0v) is 19.7. The normalized spacial score (nSPS) is 12.1. The minimum Gasteiger partial charge on any atom is -0.488 e. The van der Waals surface area contributed by atoms with E-state index in [1.165, 1.54) is 16.3 Å². The van der Waals surface area contributed by atoms with Crippen molar-refractivity contribution < 1.29 is 4.74 Å². The lowest BCUT2D eigenvalue weighted by atomic mass is 10.0. The Balaban J connectivity index is 1.50. The summed E-state index contributed by atoms with van der Waals surface area (Å²) in [6.07, 6.45) is 2.12. The molecule has 0 unspecified atom stereocenters. The van der Waals surface area contributed by atoms with Gasteiger partial charge in [-0.2, -0.15) is 0 Å². The Morgan fingerprint density at radius 2 is 1.50 bits per heavy atom. The van der Waals surface area contributed by atoms with Gasteiger partial charge in [0, 0.05) is 33.8 Å². The second-order valence-corrected chi connectivity index (χ2v) is 8.87. The highest BCUT2D eigenvalue weighted by atomic mass is 35.5. The fraction of sp³-hybridized carbons (Fsp3) is 0.214. The summed E-state index contributed by atoms with van der Waals surface area (Å²) in [5, 5.41) is 7.32. The zero-order chi connectivity index (χ0) is 22.3. The van der Waals surface area contributed by atoms with Crippen LogP contribution in [0.1, 0.15) is 30.0 Å². The third kappa shape index (κ3) is 5.63. The first-order valence-corrected chi connectivity index (χ1v) is 11.7. The Hall–Kier alpha value is -2.52. The molecule has 0 aliphatic heterocycles. The van der Waals surface area contributed by atoms with Crippen LogP contribution in [0.25, 0.3) is 10.8 Å². The summed E-state index contributed by atoms with van der Waals surface area (Å²) in [6.45, 7) is 3.29. The van der Waals surface area contributed by atoms with E-state index < -0.39 is 0 Å². The van der Waals surface area contributed by atoms with Crippen LogP contribution in [0.3, 0.4) is 0 Å². The van der Waals surface area contributed by atoms with Gasteiger partial charge in [0.25, 0.3) is 0 Å². The molecule has 2 nitrogen and oxygen atoms in total. The SMILES string of the molecule is C[C@@H](CCc1ccccc1)NCc1c(OCc2c(Cl)cccc2Cl)ccc2ccccc12. The molecule has 164 valence electrons. The molecule has 0 bridgehead atoms. The van der Waals surface area contributed by atoms with Gasteiger partial charge in [-0.1, -0.05) is 89.9 Å². The predicted molar refractivity (Wildman–Crippen MR) is 136 cm³/mol. The van der Waals surface area contributed by atoms with Crippen molar-refractivity contribution in [1.29, 1.82) is 0 Å². The Labute approximate surface area is 200 Å². The first-order valence-electron chi connectivity index (χ1n) is 11.0. The summed E-state index contributed by atoms with van der Waals surface area (Å²) in [6, 6.07) is 29.1. The van der Waals surface area contributed by atoms with E-state index in [1.807, 2.05) is 24.3 Å². The van der Waals surface area contributed by atoms with E-state index in [4.69, 9.17) is 27.9 Å². The molecule has 32 heavy (non-hydrogen) atoms. The molecule has 4 heteroatoms. The molecule has 0 amide bonds. The van der Waals surface area contributed by atoms with Gasteiger partial charge in [-0.25, -0.2) is 0 Å². The van der Waals surface area contributed by atoms with E-state index in [2.05, 4.69) is 72.9 Å². The van der Waals surface area contributed by atoms with Gasteiger partial charge in [0.15, 0.2) is 0 Å². The molecule has 0 saturated carbocycles. The van der Waals surface area contributed by atoms with Gasteiger partial charge in [-0.3, -0.25) is 0 Å². The molecular weight excluding hydrogens is 437 g/mol. The minimum atomic E-state index is 0.327. The van der Waals surface area contributed by atoms with E-state index in [0.29, 0.717) is 22.7 Å². The maximum Gasteiger partial charge on any atom is 0.124 e. The molecule has 0 aromatic heterocycles. The molecule has 4 aromatic rings. The van der Waals surface area contributed by atoms with E-state index in [-0.39, 0.29) is 0 Å². The first kappa shape index (κ1) is 22.7. The minimum absolute atomic E-state index is 0.327. The summed E-state index contributed by atoms with van der Waals surface area (Å²) in [7, 11) is 0. The largest absolute Gasteiger partial charge is 0.488 e. The van der Waals surface area contributed by atoms with Crippen LogP contribution < -0.4 is 10.1 Å². The van der Waals surface area contributed by atoms with Gasteiger partial charge in [0.2, 0.25) is 0 Å². The third-order valence-corrected chi connectivity index (χ3v) is 6.48. The number of aryl methyl sites for hydroxylation is 1. The summed E-state index contributed by atoms with van der Waals surface area (Å²) in [5.74, 6) is 0.849. The van der Waals surface area contributed by atoms with Crippen molar-refractivity contribution in [3.8, 4) is 5.75 Å². The van der Waals surface area contributed by atoms with Crippen LogP contribution in [0, 0.1) is 0 Å². The lowest BCUT2D eigenvalue weighted by Crippen LogP contribution is -2.26. The summed E-state index contributed by atoms with van der Waals surface area (Å²) in [4.78, 5) is 0. The number of rotatable bonds is 9. The average molecular weight is 464 g/mol. The van der Waals surface area contributed by atoms with Crippen molar-refractivity contribution in [3.63, 3.8) is 0 Å². The van der Waals surface area contributed by atoms with Gasteiger partial charge >= 0.3 is 0 Å². The number of hydrogen-bond acceptors (Lipinski definition) is 2. The molecule has 0 saturated heterocycles. The highest BCUT2D eigenvalue weighted by Gasteiger charge is 2.13. The fourth-order valence-electron chi connectivity index (χ4n) is 3.86. The molecule has 4 rings (SSSR count). The molecule has 0 radical (unpaired) electrons. The zero-order valence-electron chi connectivity index (χ0n) is 18.2. The van der Waals surface area contributed by atoms with E-state index in [9.17, 15) is 0 Å². The third-order valence-electron chi connectivity index (χ3n) is 5.77. The average Bonchev–Trinajstić information content (AvgIpc) is 2.82. The molecule has 0 aliphatic rings. The fourth-order valence-corrected chi connectivity index (χ4v) is 4.37. The highest BCUT2D eigenvalue weighted by molar-refractivity contribution is 6.35. The molecule has 1 atom stereocenters. The van der Waals surface area contributed by atoms with Crippen LogP contribution in [-0.4, -0.2) is 6.04 Å². The first-order chi connectivity index (χ1) is 15.6. The smallest absolute Gasteiger partial charge is 0.124 e. The number of nitrogens with one attached hydrogen (secondary N) is 1. The number of ether oxygens (including phenoxy) is 1. The van der Waals surface area contributed by atoms with E-state index >= 15 is 0 Å². The number of hydrogen-bond donors (Lipinski definition) is 1. The Bertz CT molecular complexity index is 1160. The van der Waals surface area contributed by atoms with Crippen molar-refractivity contribution in [2.45, 2.75) is 39.0 Å². The number of fused-ring (bicyclic) bond motifs is 1. The summed E-state index contributed by atoms with van der Waals surface area (Å²) >= 11 is 12.7. The monoisotopic (exact) mass is 463 g/mol. The topological polar surface area (TPSA) is 21.3 Å². The van der Waals surface area contributed by atoms with Crippen molar-refractivity contribution in [2.75, 3.05) is 0 Å². The summed E-state index contributed by atoms with van der Waals surface area (Å²) in [5.41, 5.74) is 3.32. The highest BCUT2D eigenvalue weighted by Crippen LogP contribution is 2.31. The lowest BCUT2D eigenvalue weighted by Gasteiger charge is -2.19. The van der Waals surface area contributed by atoms with Gasteiger partial charge in [-0.05, 0) is 54.3 Å². The maximum absolute atomic E-state index is 6.34. The predicted octanol–water partition coefficient (Wildman–Crippen LogP) is 7.84. The second-order valence-electron chi connectivity index (χ2n) is 8.06. The standard InChI is InChI=1S/C28H27Cl2NO/c1-20(14-15-21-8-3-2-4-9-21)31-18-24-23-11-6-5-10-22(23)16-17-28(24)32-19-25-26(29)12-7-13-27(25)30/h2-13,16-17,20,31H,14-15,18-19H2,1H3/t20-/m0/s1. The summed E-state index contributed by atoms with van der Waals surface area (Å²) < 4.78 is 6.25. The lowest BCUT2D eigenvalue weighted by molar-refractivity contribution is 0.302. The Morgan fingerprint density at radius 3 is 2.28 bits per heavy atom. The van der Waals surface area contributed by atoms with Crippen molar-refractivity contribution >= 4 is 34.0 Å². The van der Waals surface area contributed by atoms with Crippen molar-refractivity contribution in [2.24, 2.45) is 0 Å². The van der Waals surface area contributed by atoms with Gasteiger partial charge < -0.3 is 10.1 Å². The van der Waals surface area contributed by atoms with Crippen LogP contribution in [0.5, 0.6) is 5.75 Å². The van der Waals surface area contributed by atoms with Crippen LogP contribution in [0.15, 0.2) is 84.9 Å². The van der Waals surface area contributed by atoms with Crippen LogP contribution in [-0.2, 0) is 19.6 Å². The Kier molecular flexibility index (Phi) is 7.70. The van der Waals surface area contributed by atoms with Crippen LogP contribution in [0.2, 0.25) is 10.0 Å². The molecule has 4 aromatic carbocycles. The number of halogens is 2. The molecule has 0 heterocycles. The van der Waals surface area contributed by atoms with Crippen molar-refractivity contribution in [1.82, 2.24) is 5.32 Å². The maximum atomic E-state index is 6.34. The van der Waals surface area contributed by atoms with Crippen LogP contribution >= 0.6 is 23.2 Å². The molecule has 0 aliphatic carbocycles. The molecule has 1 N–H and O–H groups in total. The molecule has 0 fully saturated rings. The van der Waals surface area contributed by atoms with Gasteiger partial charge in [0.05, 0.1) is 0 Å². The van der Waals surface area contributed by atoms with Crippen molar-refractivity contribution in [3.05, 3.63) is 112 Å². The van der Waals surface area contributed by atoms with Gasteiger partial charge in [-0.15, -0.1) is 0 Å². The quantitative estimate of drug-likeness (QED) is 0.273. The second kappa shape index (κ2) is 10.9. The van der Waals surface area contributed by atoms with E-state index in [1.54, 1.807) is 0 Å². The molecular formula is C28H27Cl2NO. The Morgan fingerprint density at radius 1 is 0.781 bits per heavy atom. The number of benzene rings is 4. The van der Waals surface area contributed by atoms with Crippen LogP contribution in [0.4, 0.5) is 0 Å². The molecule has 0 spiro atoms. The van der Waals surface area contributed by atoms with Gasteiger partial charge in [0.1, 0.15) is 12.4 Å². The van der Waals surface area contributed by atoms with E-state index in [0.717, 1.165) is 36.3 Å².